The van der Waals surface area contributed by atoms with Crippen LogP contribution in [0.25, 0.3) is 0 Å². The summed E-state index contributed by atoms with van der Waals surface area (Å²) in [4.78, 5) is 18.6. The van der Waals surface area contributed by atoms with E-state index >= 15 is 0 Å². The Bertz CT molecular complexity index is 733. The number of hydrogen-bond acceptors (Lipinski definition) is 7. The Morgan fingerprint density at radius 3 is 2.73 bits per heavy atom. The highest BCUT2D eigenvalue weighted by atomic mass is 16.5. The third-order valence-electron chi connectivity index (χ3n) is 5.29. The summed E-state index contributed by atoms with van der Waals surface area (Å²) in [5.41, 5.74) is 1.09. The molecule has 0 radical (unpaired) electrons. The van der Waals surface area contributed by atoms with E-state index in [0.29, 0.717) is 11.9 Å². The lowest BCUT2D eigenvalue weighted by Crippen LogP contribution is -2.46. The van der Waals surface area contributed by atoms with Crippen LogP contribution >= 0.6 is 0 Å². The van der Waals surface area contributed by atoms with Gasteiger partial charge >= 0.3 is 0 Å². The summed E-state index contributed by atoms with van der Waals surface area (Å²) in [6.07, 6.45) is 4.90. The van der Waals surface area contributed by atoms with Crippen LogP contribution in [-0.2, 0) is 18.3 Å². The number of rotatable bonds is 5. The zero-order chi connectivity index (χ0) is 17.9. The van der Waals surface area contributed by atoms with E-state index in [-0.39, 0.29) is 0 Å². The van der Waals surface area contributed by atoms with Gasteiger partial charge in [-0.05, 0) is 6.42 Å². The van der Waals surface area contributed by atoms with E-state index in [9.17, 15) is 0 Å². The fraction of sp³-hybridized carbons (Fsp3) is 0.611. The summed E-state index contributed by atoms with van der Waals surface area (Å²) < 4.78 is 7.62. The van der Waals surface area contributed by atoms with Gasteiger partial charge in [0, 0.05) is 71.3 Å². The van der Waals surface area contributed by atoms with Gasteiger partial charge in [0.1, 0.15) is 11.6 Å². The van der Waals surface area contributed by atoms with Crippen LogP contribution in [0.5, 0.6) is 0 Å². The van der Waals surface area contributed by atoms with Crippen molar-refractivity contribution >= 4 is 11.8 Å². The predicted octanol–water partition coefficient (Wildman–Crippen LogP) is 1.08. The average Bonchev–Trinajstić information content (AvgIpc) is 3.34. The molecule has 4 heterocycles. The SMILES string of the molecule is CNc1nc([C@H]2CCOC2)cc(N2CCN(Cc3nccn3C)CC2)n1. The van der Waals surface area contributed by atoms with Crippen LogP contribution in [0.2, 0.25) is 0 Å². The molecule has 8 heteroatoms. The van der Waals surface area contributed by atoms with Crippen molar-refractivity contribution in [3.63, 3.8) is 0 Å². The minimum atomic E-state index is 0.383. The van der Waals surface area contributed by atoms with Gasteiger partial charge in [-0.3, -0.25) is 4.90 Å². The van der Waals surface area contributed by atoms with Gasteiger partial charge in [-0.15, -0.1) is 0 Å². The molecule has 2 saturated heterocycles. The lowest BCUT2D eigenvalue weighted by atomic mass is 10.0. The third kappa shape index (κ3) is 3.66. The highest BCUT2D eigenvalue weighted by Crippen LogP contribution is 2.27. The number of imidazole rings is 1. The monoisotopic (exact) mass is 357 g/mol. The second kappa shape index (κ2) is 7.59. The Morgan fingerprint density at radius 2 is 2.08 bits per heavy atom. The van der Waals surface area contributed by atoms with Crippen molar-refractivity contribution in [1.82, 2.24) is 24.4 Å². The number of hydrogen-bond donors (Lipinski definition) is 1. The molecule has 4 rings (SSSR count). The summed E-state index contributed by atoms with van der Waals surface area (Å²) in [5.74, 6) is 3.21. The van der Waals surface area contributed by atoms with E-state index in [1.807, 2.05) is 26.5 Å². The summed E-state index contributed by atoms with van der Waals surface area (Å²) in [5, 5.41) is 3.10. The molecule has 2 fully saturated rings. The summed E-state index contributed by atoms with van der Waals surface area (Å²) >= 11 is 0. The number of nitrogens with one attached hydrogen (secondary N) is 1. The Morgan fingerprint density at radius 1 is 1.23 bits per heavy atom. The first-order valence-electron chi connectivity index (χ1n) is 9.31. The van der Waals surface area contributed by atoms with Crippen LogP contribution in [0.4, 0.5) is 11.8 Å². The smallest absolute Gasteiger partial charge is 0.224 e. The molecule has 0 aliphatic carbocycles. The van der Waals surface area contributed by atoms with E-state index in [1.165, 1.54) is 0 Å². The van der Waals surface area contributed by atoms with Crippen molar-refractivity contribution in [2.24, 2.45) is 7.05 Å². The Hall–Kier alpha value is -2.19. The van der Waals surface area contributed by atoms with Crippen molar-refractivity contribution < 1.29 is 4.74 Å². The Balaban J connectivity index is 1.43. The molecule has 0 spiro atoms. The van der Waals surface area contributed by atoms with Gasteiger partial charge < -0.3 is 19.5 Å². The van der Waals surface area contributed by atoms with E-state index in [0.717, 1.165) is 69.7 Å². The maximum absolute atomic E-state index is 5.53. The third-order valence-corrected chi connectivity index (χ3v) is 5.29. The largest absolute Gasteiger partial charge is 0.381 e. The van der Waals surface area contributed by atoms with Crippen molar-refractivity contribution in [2.75, 3.05) is 56.7 Å². The Kier molecular flexibility index (Phi) is 5.03. The average molecular weight is 357 g/mol. The number of anilines is 2. The zero-order valence-corrected chi connectivity index (χ0v) is 15.6. The molecule has 0 aromatic carbocycles. The summed E-state index contributed by atoms with van der Waals surface area (Å²) in [6, 6.07) is 2.15. The first-order valence-corrected chi connectivity index (χ1v) is 9.31. The molecule has 2 aromatic heterocycles. The Labute approximate surface area is 154 Å². The van der Waals surface area contributed by atoms with Crippen LogP contribution in [0.15, 0.2) is 18.5 Å². The van der Waals surface area contributed by atoms with Crippen LogP contribution in [0.1, 0.15) is 23.9 Å². The highest BCUT2D eigenvalue weighted by molar-refractivity contribution is 5.46. The molecule has 26 heavy (non-hydrogen) atoms. The maximum Gasteiger partial charge on any atom is 0.224 e. The van der Waals surface area contributed by atoms with Gasteiger partial charge in [-0.25, -0.2) is 9.97 Å². The topological polar surface area (TPSA) is 71.3 Å². The minimum absolute atomic E-state index is 0.383. The van der Waals surface area contributed by atoms with Crippen LogP contribution in [0.3, 0.4) is 0 Å². The summed E-state index contributed by atoms with van der Waals surface area (Å²) in [7, 11) is 3.92. The maximum atomic E-state index is 5.53. The standard InChI is InChI=1S/C18H27N7O/c1-19-18-21-15(14-3-10-26-13-14)11-16(22-18)25-8-6-24(7-9-25)12-17-20-4-5-23(17)2/h4-5,11,14H,3,6-10,12-13H2,1-2H3,(H,19,21,22)/t14-/m0/s1. The minimum Gasteiger partial charge on any atom is -0.381 e. The molecule has 0 unspecified atom stereocenters. The van der Waals surface area contributed by atoms with Crippen molar-refractivity contribution in [3.8, 4) is 0 Å². The van der Waals surface area contributed by atoms with Crippen LogP contribution in [-0.4, -0.2) is 70.9 Å². The molecule has 0 saturated carbocycles. The first kappa shape index (κ1) is 17.2. The fourth-order valence-electron chi connectivity index (χ4n) is 3.59. The highest BCUT2D eigenvalue weighted by Gasteiger charge is 2.24. The molecule has 8 nitrogen and oxygen atoms in total. The van der Waals surface area contributed by atoms with E-state index < -0.39 is 0 Å². The lowest BCUT2D eigenvalue weighted by Gasteiger charge is -2.35. The molecule has 0 amide bonds. The first-order chi connectivity index (χ1) is 12.7. The van der Waals surface area contributed by atoms with Crippen molar-refractivity contribution in [3.05, 3.63) is 30.0 Å². The molecule has 140 valence electrons. The second-order valence-electron chi connectivity index (χ2n) is 7.00. The predicted molar refractivity (Wildman–Crippen MR) is 100 cm³/mol. The number of ether oxygens (including phenoxy) is 1. The molecule has 1 N–H and O–H groups in total. The fourth-order valence-corrected chi connectivity index (χ4v) is 3.59. The van der Waals surface area contributed by atoms with Crippen LogP contribution < -0.4 is 10.2 Å². The zero-order valence-electron chi connectivity index (χ0n) is 15.6. The molecule has 0 bridgehead atoms. The van der Waals surface area contributed by atoms with Gasteiger partial charge in [0.2, 0.25) is 5.95 Å². The normalized spacial score (nSPS) is 21.3. The molecule has 2 aliphatic rings. The van der Waals surface area contributed by atoms with E-state index in [2.05, 4.69) is 40.7 Å². The molecule has 2 aromatic rings. The van der Waals surface area contributed by atoms with Crippen LogP contribution in [0, 0.1) is 0 Å². The number of piperazine rings is 1. The number of nitrogens with zero attached hydrogens (tertiary/aromatic N) is 6. The van der Waals surface area contributed by atoms with Gasteiger partial charge in [0.05, 0.1) is 18.8 Å². The van der Waals surface area contributed by atoms with Crippen molar-refractivity contribution in [2.45, 2.75) is 18.9 Å². The van der Waals surface area contributed by atoms with Gasteiger partial charge in [0.25, 0.3) is 0 Å². The van der Waals surface area contributed by atoms with Crippen molar-refractivity contribution in [1.29, 1.82) is 0 Å². The van der Waals surface area contributed by atoms with Gasteiger partial charge in [-0.1, -0.05) is 0 Å². The van der Waals surface area contributed by atoms with E-state index in [4.69, 9.17) is 4.74 Å². The second-order valence-corrected chi connectivity index (χ2v) is 7.00. The lowest BCUT2D eigenvalue weighted by molar-refractivity contribution is 0.193. The molecular formula is C18H27N7O. The van der Waals surface area contributed by atoms with E-state index in [1.54, 1.807) is 0 Å². The molecule has 1 atom stereocenters. The molecular weight excluding hydrogens is 330 g/mol. The number of aryl methyl sites for hydroxylation is 1. The molecule has 2 aliphatic heterocycles. The van der Waals surface area contributed by atoms with Gasteiger partial charge in [0.15, 0.2) is 0 Å². The van der Waals surface area contributed by atoms with Gasteiger partial charge in [-0.2, -0.15) is 4.98 Å². The number of aromatic nitrogens is 4. The quantitative estimate of drug-likeness (QED) is 0.858. The summed E-state index contributed by atoms with van der Waals surface area (Å²) in [6.45, 7) is 6.42.